The number of aliphatic carboxylic acids is 1. The van der Waals surface area contributed by atoms with Gasteiger partial charge >= 0.3 is 5.97 Å². The van der Waals surface area contributed by atoms with Gasteiger partial charge in [-0.05, 0) is 52.0 Å². The molecule has 0 spiro atoms. The fourth-order valence-electron chi connectivity index (χ4n) is 4.10. The molecule has 2 N–H and O–H groups in total. The Bertz CT molecular complexity index is 722. The van der Waals surface area contributed by atoms with Crippen LogP contribution >= 0.6 is 11.8 Å². The summed E-state index contributed by atoms with van der Waals surface area (Å²) in [6.07, 6.45) is 9.75. The standard InChI is InChI=1S/C20H29N3O3S/c1-3-17(19(24)21-15-10-9-14(12-15)20(25)26)27-18-11-13(2)22-23(18)16-7-5-4-6-8-16/h3,11,14-16H,4-10,12H2,1-2H3,(H,21,24)(H,25,26)/b17-3-/t14-,15-/m1/s1. The molecule has 0 aliphatic heterocycles. The number of rotatable bonds is 6. The lowest BCUT2D eigenvalue weighted by Crippen LogP contribution is -2.33. The zero-order valence-corrected chi connectivity index (χ0v) is 16.9. The van der Waals surface area contributed by atoms with E-state index in [-0.39, 0.29) is 17.9 Å². The lowest BCUT2D eigenvalue weighted by atomic mass is 9.96. The Morgan fingerprint density at radius 3 is 2.63 bits per heavy atom. The number of aryl methyl sites for hydroxylation is 1. The number of nitrogens with one attached hydrogen (secondary N) is 1. The third-order valence-corrected chi connectivity index (χ3v) is 6.72. The molecule has 27 heavy (non-hydrogen) atoms. The molecular weight excluding hydrogens is 362 g/mol. The van der Waals surface area contributed by atoms with Gasteiger partial charge in [-0.15, -0.1) is 0 Å². The fourth-order valence-corrected chi connectivity index (χ4v) is 5.11. The van der Waals surface area contributed by atoms with Gasteiger partial charge in [-0.2, -0.15) is 5.10 Å². The first-order chi connectivity index (χ1) is 13.0. The van der Waals surface area contributed by atoms with Crippen LogP contribution in [0.25, 0.3) is 0 Å². The van der Waals surface area contributed by atoms with Crippen molar-refractivity contribution in [2.75, 3.05) is 0 Å². The Balaban J connectivity index is 1.65. The maximum atomic E-state index is 12.7. The molecule has 2 saturated carbocycles. The number of carboxylic acids is 1. The van der Waals surface area contributed by atoms with E-state index in [0.29, 0.717) is 23.8 Å². The highest BCUT2D eigenvalue weighted by Crippen LogP contribution is 2.35. The molecule has 7 heteroatoms. The number of hydrogen-bond donors (Lipinski definition) is 2. The SMILES string of the molecule is C/C=C(\Sc1cc(C)nn1C1CCCCC1)C(=O)N[C@@H]1CC[C@@H](C(=O)O)C1. The number of amides is 1. The second-order valence-electron chi connectivity index (χ2n) is 7.63. The lowest BCUT2D eigenvalue weighted by molar-refractivity contribution is -0.141. The highest BCUT2D eigenvalue weighted by molar-refractivity contribution is 8.04. The molecule has 0 unspecified atom stereocenters. The normalized spacial score (nSPS) is 24.1. The van der Waals surface area contributed by atoms with Gasteiger partial charge in [-0.25, -0.2) is 0 Å². The van der Waals surface area contributed by atoms with Crippen LogP contribution < -0.4 is 5.32 Å². The first-order valence-corrected chi connectivity index (χ1v) is 10.7. The van der Waals surface area contributed by atoms with Crippen molar-refractivity contribution in [1.29, 1.82) is 0 Å². The van der Waals surface area contributed by atoms with Crippen LogP contribution in [0.15, 0.2) is 22.1 Å². The molecular formula is C20H29N3O3S. The van der Waals surface area contributed by atoms with Crippen molar-refractivity contribution in [1.82, 2.24) is 15.1 Å². The lowest BCUT2D eigenvalue weighted by Gasteiger charge is -2.24. The van der Waals surface area contributed by atoms with Crippen LogP contribution in [-0.2, 0) is 9.59 Å². The van der Waals surface area contributed by atoms with Crippen molar-refractivity contribution in [2.24, 2.45) is 5.92 Å². The van der Waals surface area contributed by atoms with Crippen LogP contribution in [0.5, 0.6) is 0 Å². The van der Waals surface area contributed by atoms with Crippen LogP contribution in [0.3, 0.4) is 0 Å². The average Bonchev–Trinajstić information content (AvgIpc) is 3.27. The molecule has 0 radical (unpaired) electrons. The zero-order chi connectivity index (χ0) is 19.4. The third kappa shape index (κ3) is 4.94. The molecule has 0 saturated heterocycles. The summed E-state index contributed by atoms with van der Waals surface area (Å²) in [5, 5.41) is 17.9. The van der Waals surface area contributed by atoms with Crippen molar-refractivity contribution < 1.29 is 14.7 Å². The number of allylic oxidation sites excluding steroid dienone is 1. The van der Waals surface area contributed by atoms with Gasteiger partial charge in [0, 0.05) is 6.04 Å². The van der Waals surface area contributed by atoms with Gasteiger partial charge in [0.15, 0.2) is 0 Å². The summed E-state index contributed by atoms with van der Waals surface area (Å²) in [6.45, 7) is 3.86. The average molecular weight is 392 g/mol. The molecule has 148 valence electrons. The minimum absolute atomic E-state index is 0.0564. The predicted molar refractivity (Wildman–Crippen MR) is 106 cm³/mol. The van der Waals surface area contributed by atoms with Crippen molar-refractivity contribution in [3.05, 3.63) is 22.7 Å². The molecule has 2 fully saturated rings. The Morgan fingerprint density at radius 1 is 1.26 bits per heavy atom. The zero-order valence-electron chi connectivity index (χ0n) is 16.1. The summed E-state index contributed by atoms with van der Waals surface area (Å²) in [7, 11) is 0. The monoisotopic (exact) mass is 391 g/mol. The van der Waals surface area contributed by atoms with Crippen molar-refractivity contribution in [3.8, 4) is 0 Å². The van der Waals surface area contributed by atoms with Crippen LogP contribution in [0.4, 0.5) is 0 Å². The molecule has 2 atom stereocenters. The summed E-state index contributed by atoms with van der Waals surface area (Å²) in [6, 6.07) is 2.41. The molecule has 2 aliphatic carbocycles. The molecule has 0 aromatic carbocycles. The van der Waals surface area contributed by atoms with Crippen LogP contribution in [-0.4, -0.2) is 32.8 Å². The molecule has 6 nitrogen and oxygen atoms in total. The van der Waals surface area contributed by atoms with Gasteiger partial charge in [-0.1, -0.05) is 37.1 Å². The summed E-state index contributed by atoms with van der Waals surface area (Å²) < 4.78 is 2.10. The maximum Gasteiger partial charge on any atom is 0.306 e. The number of nitrogens with zero attached hydrogens (tertiary/aromatic N) is 2. The Labute approximate surface area is 164 Å². The first-order valence-electron chi connectivity index (χ1n) is 9.92. The van der Waals surface area contributed by atoms with Gasteiger partial charge in [0.2, 0.25) is 0 Å². The van der Waals surface area contributed by atoms with E-state index >= 15 is 0 Å². The van der Waals surface area contributed by atoms with Gasteiger partial charge in [-0.3, -0.25) is 14.3 Å². The number of carbonyl (C=O) groups excluding carboxylic acids is 1. The Hall–Kier alpha value is -1.76. The summed E-state index contributed by atoms with van der Waals surface area (Å²) in [4.78, 5) is 24.5. The Morgan fingerprint density at radius 2 is 2.00 bits per heavy atom. The molecule has 3 rings (SSSR count). The maximum absolute atomic E-state index is 12.7. The van der Waals surface area contributed by atoms with E-state index in [2.05, 4.69) is 15.1 Å². The Kier molecular flexibility index (Phi) is 6.63. The van der Waals surface area contributed by atoms with E-state index in [1.165, 1.54) is 31.0 Å². The van der Waals surface area contributed by atoms with Crippen molar-refractivity contribution >= 4 is 23.6 Å². The predicted octanol–water partition coefficient (Wildman–Crippen LogP) is 4.06. The molecule has 2 aliphatic rings. The van der Waals surface area contributed by atoms with Crippen LogP contribution in [0.2, 0.25) is 0 Å². The smallest absolute Gasteiger partial charge is 0.306 e. The van der Waals surface area contributed by atoms with Crippen LogP contribution in [0, 0.1) is 12.8 Å². The number of hydrogen-bond acceptors (Lipinski definition) is 4. The quantitative estimate of drug-likeness (QED) is 0.564. The van der Waals surface area contributed by atoms with E-state index in [4.69, 9.17) is 5.11 Å². The van der Waals surface area contributed by atoms with E-state index in [1.807, 2.05) is 26.0 Å². The minimum atomic E-state index is -0.765. The van der Waals surface area contributed by atoms with Crippen molar-refractivity contribution in [2.45, 2.75) is 82.3 Å². The fraction of sp³-hybridized carbons (Fsp3) is 0.650. The topological polar surface area (TPSA) is 84.2 Å². The second-order valence-corrected chi connectivity index (χ2v) is 8.70. The van der Waals surface area contributed by atoms with Gasteiger partial charge in [0.05, 0.1) is 27.6 Å². The van der Waals surface area contributed by atoms with Crippen molar-refractivity contribution in [3.63, 3.8) is 0 Å². The minimum Gasteiger partial charge on any atom is -0.481 e. The van der Waals surface area contributed by atoms with E-state index in [1.54, 1.807) is 0 Å². The van der Waals surface area contributed by atoms with E-state index in [9.17, 15) is 9.59 Å². The molecule has 1 aromatic heterocycles. The number of carboxylic acid groups (broad SMARTS) is 1. The summed E-state index contributed by atoms with van der Waals surface area (Å²) >= 11 is 1.46. The molecule has 0 bridgehead atoms. The second kappa shape index (κ2) is 8.95. The summed E-state index contributed by atoms with van der Waals surface area (Å²) in [5.74, 6) is -1.22. The number of thioether (sulfide) groups is 1. The van der Waals surface area contributed by atoms with Gasteiger partial charge < -0.3 is 10.4 Å². The highest BCUT2D eigenvalue weighted by Gasteiger charge is 2.31. The molecule has 1 aromatic rings. The largest absolute Gasteiger partial charge is 0.481 e. The number of carbonyl (C=O) groups is 2. The number of aromatic nitrogens is 2. The summed E-state index contributed by atoms with van der Waals surface area (Å²) in [5.41, 5.74) is 0.971. The van der Waals surface area contributed by atoms with Gasteiger partial charge in [0.25, 0.3) is 5.91 Å². The highest BCUT2D eigenvalue weighted by atomic mass is 32.2. The molecule has 1 heterocycles. The van der Waals surface area contributed by atoms with E-state index < -0.39 is 5.97 Å². The molecule has 1 amide bonds. The first kappa shape index (κ1) is 20.0. The van der Waals surface area contributed by atoms with Crippen LogP contribution in [0.1, 0.15) is 70.0 Å². The third-order valence-electron chi connectivity index (χ3n) is 5.56. The van der Waals surface area contributed by atoms with E-state index in [0.717, 1.165) is 30.0 Å². The van der Waals surface area contributed by atoms with Gasteiger partial charge in [0.1, 0.15) is 0 Å².